The van der Waals surface area contributed by atoms with Crippen molar-refractivity contribution in [3.63, 3.8) is 0 Å². The Morgan fingerprint density at radius 2 is 2.13 bits per heavy atom. The van der Waals surface area contributed by atoms with Gasteiger partial charge in [-0.1, -0.05) is 30.7 Å². The lowest BCUT2D eigenvalue weighted by atomic mass is 9.95. The van der Waals surface area contributed by atoms with Crippen LogP contribution in [0, 0.1) is 12.3 Å². The van der Waals surface area contributed by atoms with Crippen molar-refractivity contribution in [1.29, 1.82) is 0 Å². The zero-order chi connectivity index (χ0) is 11.1. The minimum absolute atomic E-state index is 0.174. The lowest BCUT2D eigenvalue weighted by Gasteiger charge is -2.17. The maximum absolute atomic E-state index is 10.0. The van der Waals surface area contributed by atoms with E-state index in [-0.39, 0.29) is 11.5 Å². The number of hydrogen-bond donors (Lipinski definition) is 1. The van der Waals surface area contributed by atoms with Crippen LogP contribution in [0.4, 0.5) is 0 Å². The molecule has 1 atom stereocenters. The number of hydrogen-bond acceptors (Lipinski definition) is 1. The van der Waals surface area contributed by atoms with E-state index in [0.29, 0.717) is 0 Å². The molecule has 1 fully saturated rings. The SMILES string of the molecule is Cc1cc(CC(O)C2(C)CC2)ccc1Cl. The van der Waals surface area contributed by atoms with Crippen LogP contribution in [-0.2, 0) is 6.42 Å². The van der Waals surface area contributed by atoms with Gasteiger partial charge in [0.05, 0.1) is 6.10 Å². The normalized spacial score (nSPS) is 20.0. The second-order valence-corrected chi connectivity index (χ2v) is 5.36. The Kier molecular flexibility index (Phi) is 2.78. The van der Waals surface area contributed by atoms with Gasteiger partial charge in [-0.15, -0.1) is 0 Å². The van der Waals surface area contributed by atoms with Crippen LogP contribution in [0.3, 0.4) is 0 Å². The molecule has 1 N–H and O–H groups in total. The molecule has 1 unspecified atom stereocenters. The highest BCUT2D eigenvalue weighted by atomic mass is 35.5. The monoisotopic (exact) mass is 224 g/mol. The first-order valence-corrected chi connectivity index (χ1v) is 5.82. The summed E-state index contributed by atoms with van der Waals surface area (Å²) < 4.78 is 0. The average Bonchev–Trinajstić information content (AvgIpc) is 2.92. The molecule has 1 aromatic carbocycles. The molecule has 1 aliphatic carbocycles. The van der Waals surface area contributed by atoms with Crippen LogP contribution < -0.4 is 0 Å². The van der Waals surface area contributed by atoms with Crippen molar-refractivity contribution in [3.05, 3.63) is 34.3 Å². The number of rotatable bonds is 3. The first-order chi connectivity index (χ1) is 7.01. The number of aliphatic hydroxyl groups is 1. The fourth-order valence-corrected chi connectivity index (χ4v) is 1.95. The lowest BCUT2D eigenvalue weighted by Crippen LogP contribution is -2.21. The van der Waals surface area contributed by atoms with Gasteiger partial charge in [-0.05, 0) is 48.8 Å². The smallest absolute Gasteiger partial charge is 0.0634 e. The summed E-state index contributed by atoms with van der Waals surface area (Å²) in [5.74, 6) is 0. The summed E-state index contributed by atoms with van der Waals surface area (Å²) in [5, 5.41) is 10.8. The van der Waals surface area contributed by atoms with Crippen LogP contribution >= 0.6 is 11.6 Å². The fourth-order valence-electron chi connectivity index (χ4n) is 1.83. The molecule has 0 saturated heterocycles. The standard InChI is InChI=1S/C13H17ClO/c1-9-7-10(3-4-11(9)14)8-12(15)13(2)5-6-13/h3-4,7,12,15H,5-6,8H2,1-2H3. The van der Waals surface area contributed by atoms with E-state index in [1.54, 1.807) is 0 Å². The van der Waals surface area contributed by atoms with E-state index in [0.717, 1.165) is 29.8 Å². The van der Waals surface area contributed by atoms with E-state index < -0.39 is 0 Å². The van der Waals surface area contributed by atoms with E-state index in [9.17, 15) is 5.11 Å². The highest BCUT2D eigenvalue weighted by Crippen LogP contribution is 2.48. The zero-order valence-electron chi connectivity index (χ0n) is 9.26. The van der Waals surface area contributed by atoms with Gasteiger partial charge in [0.15, 0.2) is 0 Å². The molecule has 0 bridgehead atoms. The first kappa shape index (κ1) is 11.0. The number of benzene rings is 1. The maximum atomic E-state index is 10.0. The van der Waals surface area contributed by atoms with Crippen molar-refractivity contribution < 1.29 is 5.11 Å². The number of aryl methyl sites for hydroxylation is 1. The van der Waals surface area contributed by atoms with E-state index in [1.807, 2.05) is 19.1 Å². The first-order valence-electron chi connectivity index (χ1n) is 5.44. The Labute approximate surface area is 96.1 Å². The Hall–Kier alpha value is -0.530. The molecule has 1 aliphatic rings. The summed E-state index contributed by atoms with van der Waals surface area (Å²) in [6.45, 7) is 4.15. The molecule has 2 heteroatoms. The molecule has 2 rings (SSSR count). The van der Waals surface area contributed by atoms with Crippen molar-refractivity contribution >= 4 is 11.6 Å². The van der Waals surface area contributed by atoms with Crippen LogP contribution in [0.25, 0.3) is 0 Å². The van der Waals surface area contributed by atoms with Crippen LogP contribution in [-0.4, -0.2) is 11.2 Å². The Balaban J connectivity index is 2.07. The van der Waals surface area contributed by atoms with Gasteiger partial charge in [0, 0.05) is 5.02 Å². The van der Waals surface area contributed by atoms with Crippen LogP contribution in [0.2, 0.25) is 5.02 Å². The third-order valence-corrected chi connectivity index (χ3v) is 3.92. The molecule has 15 heavy (non-hydrogen) atoms. The van der Waals surface area contributed by atoms with Crippen molar-refractivity contribution in [3.8, 4) is 0 Å². The molecule has 1 nitrogen and oxygen atoms in total. The van der Waals surface area contributed by atoms with Gasteiger partial charge < -0.3 is 5.11 Å². The predicted molar refractivity (Wildman–Crippen MR) is 63.2 cm³/mol. The highest BCUT2D eigenvalue weighted by molar-refractivity contribution is 6.31. The Morgan fingerprint density at radius 1 is 1.47 bits per heavy atom. The summed E-state index contributed by atoms with van der Waals surface area (Å²) >= 11 is 5.96. The number of aliphatic hydroxyl groups excluding tert-OH is 1. The molecule has 0 radical (unpaired) electrons. The molecule has 1 saturated carbocycles. The molecule has 1 aromatic rings. The maximum Gasteiger partial charge on any atom is 0.0634 e. The van der Waals surface area contributed by atoms with Crippen LogP contribution in [0.1, 0.15) is 30.9 Å². The largest absolute Gasteiger partial charge is 0.392 e. The zero-order valence-corrected chi connectivity index (χ0v) is 10.0. The van der Waals surface area contributed by atoms with Crippen molar-refractivity contribution in [1.82, 2.24) is 0 Å². The predicted octanol–water partition coefficient (Wildman–Crippen LogP) is 3.35. The second-order valence-electron chi connectivity index (χ2n) is 4.96. The third kappa shape index (κ3) is 2.35. The van der Waals surface area contributed by atoms with Crippen molar-refractivity contribution in [2.24, 2.45) is 5.41 Å². The number of halogens is 1. The molecule has 0 amide bonds. The quantitative estimate of drug-likeness (QED) is 0.835. The third-order valence-electron chi connectivity index (χ3n) is 3.49. The topological polar surface area (TPSA) is 20.2 Å². The summed E-state index contributed by atoms with van der Waals surface area (Å²) in [7, 11) is 0. The van der Waals surface area contributed by atoms with Gasteiger partial charge in [-0.2, -0.15) is 0 Å². The molecular formula is C13H17ClO. The van der Waals surface area contributed by atoms with E-state index >= 15 is 0 Å². The lowest BCUT2D eigenvalue weighted by molar-refractivity contribution is 0.103. The van der Waals surface area contributed by atoms with Gasteiger partial charge in [0.1, 0.15) is 0 Å². The molecule has 0 aliphatic heterocycles. The molecular weight excluding hydrogens is 208 g/mol. The molecule has 0 spiro atoms. The molecule has 0 heterocycles. The second kappa shape index (κ2) is 3.80. The Bertz CT molecular complexity index is 369. The molecule has 0 aromatic heterocycles. The van der Waals surface area contributed by atoms with Gasteiger partial charge in [0.25, 0.3) is 0 Å². The summed E-state index contributed by atoms with van der Waals surface area (Å²) in [6, 6.07) is 5.98. The van der Waals surface area contributed by atoms with Crippen LogP contribution in [0.5, 0.6) is 0 Å². The van der Waals surface area contributed by atoms with E-state index in [2.05, 4.69) is 13.0 Å². The van der Waals surface area contributed by atoms with Crippen molar-refractivity contribution in [2.45, 2.75) is 39.2 Å². The van der Waals surface area contributed by atoms with Gasteiger partial charge in [-0.3, -0.25) is 0 Å². The summed E-state index contributed by atoms with van der Waals surface area (Å²) in [4.78, 5) is 0. The average molecular weight is 225 g/mol. The minimum atomic E-state index is -0.210. The van der Waals surface area contributed by atoms with E-state index in [4.69, 9.17) is 11.6 Å². The Morgan fingerprint density at radius 3 is 2.67 bits per heavy atom. The molecule has 82 valence electrons. The highest BCUT2D eigenvalue weighted by Gasteiger charge is 2.43. The fraction of sp³-hybridized carbons (Fsp3) is 0.538. The van der Waals surface area contributed by atoms with Gasteiger partial charge in [0.2, 0.25) is 0 Å². The van der Waals surface area contributed by atoms with Gasteiger partial charge in [-0.25, -0.2) is 0 Å². The van der Waals surface area contributed by atoms with Crippen molar-refractivity contribution in [2.75, 3.05) is 0 Å². The minimum Gasteiger partial charge on any atom is -0.392 e. The van der Waals surface area contributed by atoms with Crippen LogP contribution in [0.15, 0.2) is 18.2 Å². The summed E-state index contributed by atoms with van der Waals surface area (Å²) in [6.07, 6.45) is 2.84. The van der Waals surface area contributed by atoms with Gasteiger partial charge >= 0.3 is 0 Å². The summed E-state index contributed by atoms with van der Waals surface area (Å²) in [5.41, 5.74) is 2.44. The van der Waals surface area contributed by atoms with E-state index in [1.165, 1.54) is 5.56 Å².